The van der Waals surface area contributed by atoms with Crippen LogP contribution in [-0.4, -0.2) is 40.5 Å². The van der Waals surface area contributed by atoms with E-state index >= 15 is 0 Å². The summed E-state index contributed by atoms with van der Waals surface area (Å²) in [4.78, 5) is 22.4. The van der Waals surface area contributed by atoms with Crippen molar-refractivity contribution in [3.63, 3.8) is 0 Å². The van der Waals surface area contributed by atoms with Crippen LogP contribution >= 0.6 is 0 Å². The highest BCUT2D eigenvalue weighted by Gasteiger charge is 2.40. The van der Waals surface area contributed by atoms with Crippen LogP contribution in [0.1, 0.15) is 74.0 Å². The summed E-state index contributed by atoms with van der Waals surface area (Å²) in [6.07, 6.45) is 4.43. The lowest BCUT2D eigenvalue weighted by Gasteiger charge is -2.35. The minimum atomic E-state index is -0.633. The lowest BCUT2D eigenvalue weighted by molar-refractivity contribution is -0.182. The molecule has 1 spiro atoms. The molecule has 1 aromatic heterocycles. The number of carbonyl (C=O) groups excluding carboxylic acids is 1. The van der Waals surface area contributed by atoms with Gasteiger partial charge in [0.2, 0.25) is 0 Å². The molecule has 33 heavy (non-hydrogen) atoms. The summed E-state index contributed by atoms with van der Waals surface area (Å²) in [5.41, 5.74) is 1.21. The number of hydrogen-bond donors (Lipinski definition) is 0. The molecule has 4 rings (SSSR count). The van der Waals surface area contributed by atoms with Crippen LogP contribution in [0.2, 0.25) is 0 Å². The van der Waals surface area contributed by atoms with Gasteiger partial charge >= 0.3 is 5.97 Å². The summed E-state index contributed by atoms with van der Waals surface area (Å²) >= 11 is 0. The highest BCUT2D eigenvalue weighted by molar-refractivity contribution is 5.90. The van der Waals surface area contributed by atoms with Crippen LogP contribution in [0.25, 0.3) is 0 Å². The molecular weight excluding hydrogens is 420 g/mol. The van der Waals surface area contributed by atoms with Gasteiger partial charge in [-0.1, -0.05) is 30.3 Å². The molecule has 0 radical (unpaired) electrons. The van der Waals surface area contributed by atoms with Gasteiger partial charge in [-0.3, -0.25) is 0 Å². The number of aromatic nitrogens is 2. The second-order valence-corrected chi connectivity index (χ2v) is 9.93. The molecule has 0 bridgehead atoms. The van der Waals surface area contributed by atoms with E-state index in [1.807, 2.05) is 58.0 Å². The van der Waals surface area contributed by atoms with Crippen molar-refractivity contribution in [1.82, 2.24) is 9.97 Å². The zero-order valence-corrected chi connectivity index (χ0v) is 20.1. The number of aryl methyl sites for hydroxylation is 1. The van der Waals surface area contributed by atoms with Gasteiger partial charge in [0, 0.05) is 19.3 Å². The monoisotopic (exact) mass is 454 g/mol. The highest BCUT2D eigenvalue weighted by atomic mass is 16.7. The molecule has 1 aliphatic carbocycles. The first-order chi connectivity index (χ1) is 15.7. The van der Waals surface area contributed by atoms with Gasteiger partial charge in [-0.25, -0.2) is 14.8 Å². The molecule has 7 heteroatoms. The predicted molar refractivity (Wildman–Crippen MR) is 123 cm³/mol. The average Bonchev–Trinajstić information content (AvgIpc) is 3.22. The van der Waals surface area contributed by atoms with Crippen molar-refractivity contribution >= 4 is 5.97 Å². The molecule has 2 aliphatic rings. The predicted octanol–water partition coefficient (Wildman–Crippen LogP) is 4.80. The molecule has 1 saturated carbocycles. The van der Waals surface area contributed by atoms with E-state index in [4.69, 9.17) is 23.9 Å². The molecule has 0 atom stereocenters. The molecule has 1 aliphatic heterocycles. The second kappa shape index (κ2) is 9.77. The Morgan fingerprint density at radius 3 is 2.39 bits per heavy atom. The van der Waals surface area contributed by atoms with E-state index in [2.05, 4.69) is 4.98 Å². The number of esters is 1. The first-order valence-electron chi connectivity index (χ1n) is 11.8. The Labute approximate surface area is 195 Å². The third kappa shape index (κ3) is 6.09. The zero-order chi connectivity index (χ0) is 23.5. The molecule has 1 saturated heterocycles. The Morgan fingerprint density at radius 2 is 1.76 bits per heavy atom. The van der Waals surface area contributed by atoms with Gasteiger partial charge in [-0.15, -0.1) is 0 Å². The Hall–Kier alpha value is -2.51. The molecule has 0 amide bonds. The summed E-state index contributed by atoms with van der Waals surface area (Å²) in [7, 11) is 0. The van der Waals surface area contributed by atoms with E-state index in [1.165, 1.54) is 0 Å². The Bertz CT molecular complexity index is 955. The van der Waals surface area contributed by atoms with Crippen LogP contribution in [0.15, 0.2) is 30.3 Å². The van der Waals surface area contributed by atoms with Gasteiger partial charge < -0.3 is 18.9 Å². The molecular formula is C26H34N2O5. The number of carbonyl (C=O) groups is 1. The third-order valence-corrected chi connectivity index (χ3v) is 6.05. The summed E-state index contributed by atoms with van der Waals surface area (Å²) in [5, 5.41) is 0. The van der Waals surface area contributed by atoms with Crippen molar-refractivity contribution < 1.29 is 23.7 Å². The van der Waals surface area contributed by atoms with E-state index in [0.29, 0.717) is 49.4 Å². The minimum absolute atomic E-state index is 0.193. The minimum Gasteiger partial charge on any atom is -0.484 e. The fourth-order valence-corrected chi connectivity index (χ4v) is 4.44. The Kier molecular flexibility index (Phi) is 7.00. The van der Waals surface area contributed by atoms with Gasteiger partial charge in [0.05, 0.1) is 18.9 Å². The lowest BCUT2D eigenvalue weighted by atomic mass is 9.83. The first-order valence-corrected chi connectivity index (χ1v) is 11.8. The molecule has 178 valence electrons. The summed E-state index contributed by atoms with van der Waals surface area (Å²) in [6, 6.07) is 9.82. The van der Waals surface area contributed by atoms with Crippen LogP contribution in [0.3, 0.4) is 0 Å². The van der Waals surface area contributed by atoms with Gasteiger partial charge in [0.25, 0.3) is 0 Å². The van der Waals surface area contributed by atoms with E-state index in [1.54, 1.807) is 0 Å². The largest absolute Gasteiger partial charge is 0.484 e. The Balaban J connectivity index is 1.52. The van der Waals surface area contributed by atoms with E-state index < -0.39 is 11.6 Å². The lowest BCUT2D eigenvalue weighted by Crippen LogP contribution is -2.35. The number of ether oxygens (including phenoxy) is 4. The highest BCUT2D eigenvalue weighted by Crippen LogP contribution is 2.39. The number of rotatable bonds is 6. The van der Waals surface area contributed by atoms with Crippen molar-refractivity contribution in [2.75, 3.05) is 13.2 Å². The fourth-order valence-electron chi connectivity index (χ4n) is 4.44. The van der Waals surface area contributed by atoms with Crippen molar-refractivity contribution in [2.45, 2.75) is 77.8 Å². The maximum Gasteiger partial charge on any atom is 0.361 e. The number of nitrogens with zero attached hydrogens (tertiary/aromatic N) is 2. The smallest absolute Gasteiger partial charge is 0.361 e. The average molecular weight is 455 g/mol. The molecule has 7 nitrogen and oxygen atoms in total. The zero-order valence-electron chi connectivity index (χ0n) is 20.1. The molecule has 0 N–H and O–H groups in total. The fraction of sp³-hybridized carbons (Fsp3) is 0.577. The second-order valence-electron chi connectivity index (χ2n) is 9.93. The van der Waals surface area contributed by atoms with Crippen LogP contribution in [-0.2, 0) is 27.2 Å². The standard InChI is InChI=1S/C26H34N2O5/c1-18-23(30-17-20-8-6-5-7-9-20)22(24(29)33-25(2,3)4)28-21(27-18)16-19-10-12-26(13-11-19)31-14-15-32-26/h5-9,19H,10-17H2,1-4H3. The van der Waals surface area contributed by atoms with Gasteiger partial charge in [-0.05, 0) is 52.0 Å². The normalized spacial score (nSPS) is 18.4. The van der Waals surface area contributed by atoms with E-state index in [-0.39, 0.29) is 11.5 Å². The van der Waals surface area contributed by atoms with Crippen LogP contribution in [0, 0.1) is 12.8 Å². The topological polar surface area (TPSA) is 79.8 Å². The van der Waals surface area contributed by atoms with Crippen molar-refractivity contribution in [3.8, 4) is 5.75 Å². The maximum absolute atomic E-state index is 13.0. The van der Waals surface area contributed by atoms with Gasteiger partial charge in [0.1, 0.15) is 18.0 Å². The Morgan fingerprint density at radius 1 is 1.09 bits per heavy atom. The molecule has 2 fully saturated rings. The van der Waals surface area contributed by atoms with Crippen LogP contribution in [0.5, 0.6) is 5.75 Å². The van der Waals surface area contributed by atoms with Gasteiger partial charge in [0.15, 0.2) is 17.2 Å². The number of hydrogen-bond acceptors (Lipinski definition) is 7. The maximum atomic E-state index is 13.0. The third-order valence-electron chi connectivity index (χ3n) is 6.05. The van der Waals surface area contributed by atoms with E-state index in [0.717, 1.165) is 31.2 Å². The van der Waals surface area contributed by atoms with E-state index in [9.17, 15) is 4.79 Å². The SMILES string of the molecule is Cc1nc(CC2CCC3(CC2)OCCO3)nc(C(=O)OC(C)(C)C)c1OCc1ccccc1. The summed E-state index contributed by atoms with van der Waals surface area (Å²) in [6.45, 7) is 9.06. The summed E-state index contributed by atoms with van der Waals surface area (Å²) in [5.74, 6) is 0.573. The van der Waals surface area contributed by atoms with Crippen LogP contribution in [0.4, 0.5) is 0 Å². The quantitative estimate of drug-likeness (QED) is 0.580. The molecule has 1 aromatic carbocycles. The molecule has 2 heterocycles. The van der Waals surface area contributed by atoms with Crippen LogP contribution < -0.4 is 4.74 Å². The van der Waals surface area contributed by atoms with Crippen molar-refractivity contribution in [2.24, 2.45) is 5.92 Å². The summed E-state index contributed by atoms with van der Waals surface area (Å²) < 4.78 is 23.4. The molecule has 2 aromatic rings. The number of benzene rings is 1. The van der Waals surface area contributed by atoms with Crippen molar-refractivity contribution in [1.29, 1.82) is 0 Å². The van der Waals surface area contributed by atoms with Gasteiger partial charge in [-0.2, -0.15) is 0 Å². The molecule has 0 unspecified atom stereocenters. The van der Waals surface area contributed by atoms with Crippen molar-refractivity contribution in [3.05, 3.63) is 53.1 Å². The first kappa shape index (κ1) is 23.6.